The number of aryl methyl sites for hydroxylation is 2. The van der Waals surface area contributed by atoms with Crippen LogP contribution in [0, 0.1) is 13.8 Å². The zero-order valence-corrected chi connectivity index (χ0v) is 17.2. The Labute approximate surface area is 175 Å². The smallest absolute Gasteiger partial charge is 0.342 e. The molecule has 154 valence electrons. The molecule has 30 heavy (non-hydrogen) atoms. The Kier molecular flexibility index (Phi) is 5.65. The van der Waals surface area contributed by atoms with Crippen LogP contribution >= 0.6 is 0 Å². The number of nitrogens with one attached hydrogen (secondary N) is 1. The van der Waals surface area contributed by atoms with E-state index in [4.69, 9.17) is 4.74 Å². The summed E-state index contributed by atoms with van der Waals surface area (Å²) < 4.78 is 7.04. The lowest BCUT2D eigenvalue weighted by Gasteiger charge is -2.26. The van der Waals surface area contributed by atoms with Crippen molar-refractivity contribution in [1.82, 2.24) is 15.1 Å². The molecule has 0 aliphatic heterocycles. The maximum absolute atomic E-state index is 12.7. The lowest BCUT2D eigenvalue weighted by atomic mass is 9.88. The number of ether oxygens (including phenoxy) is 1. The maximum Gasteiger partial charge on any atom is 0.342 e. The Morgan fingerprint density at radius 3 is 2.63 bits per heavy atom. The number of nitrogens with zero attached hydrogens (tertiary/aromatic N) is 2. The normalized spacial score (nSPS) is 15.3. The molecule has 1 aliphatic rings. The van der Waals surface area contributed by atoms with E-state index in [1.807, 2.05) is 49.4 Å². The SMILES string of the molecule is Cc1nn(-c2ccccc2)c(C)c1C(=O)OCC(=O)N[C@@H]1CCCc2ccccc21. The van der Waals surface area contributed by atoms with Gasteiger partial charge in [-0.05, 0) is 56.4 Å². The van der Waals surface area contributed by atoms with Gasteiger partial charge in [-0.3, -0.25) is 4.79 Å². The van der Waals surface area contributed by atoms with Crippen molar-refractivity contribution in [2.24, 2.45) is 0 Å². The Balaban J connectivity index is 1.41. The monoisotopic (exact) mass is 403 g/mol. The van der Waals surface area contributed by atoms with Gasteiger partial charge in [0.25, 0.3) is 5.91 Å². The van der Waals surface area contributed by atoms with E-state index in [9.17, 15) is 9.59 Å². The number of benzene rings is 2. The molecule has 0 spiro atoms. The maximum atomic E-state index is 12.7. The summed E-state index contributed by atoms with van der Waals surface area (Å²) in [6.07, 6.45) is 2.94. The number of hydrogen-bond acceptors (Lipinski definition) is 4. The number of esters is 1. The van der Waals surface area contributed by atoms with Gasteiger partial charge in [0.1, 0.15) is 5.56 Å². The predicted molar refractivity (Wildman–Crippen MR) is 114 cm³/mol. The average molecular weight is 403 g/mol. The molecule has 1 aromatic heterocycles. The van der Waals surface area contributed by atoms with Crippen molar-refractivity contribution >= 4 is 11.9 Å². The topological polar surface area (TPSA) is 73.2 Å². The molecule has 0 saturated heterocycles. The van der Waals surface area contributed by atoms with Crippen LogP contribution in [0.2, 0.25) is 0 Å². The predicted octanol–water partition coefficient (Wildman–Crippen LogP) is 3.84. The van der Waals surface area contributed by atoms with Crippen molar-refractivity contribution in [1.29, 1.82) is 0 Å². The molecule has 6 nitrogen and oxygen atoms in total. The lowest BCUT2D eigenvalue weighted by Crippen LogP contribution is -2.34. The van der Waals surface area contributed by atoms with Gasteiger partial charge in [-0.1, -0.05) is 42.5 Å². The molecule has 1 amide bonds. The van der Waals surface area contributed by atoms with Gasteiger partial charge in [0, 0.05) is 0 Å². The number of aromatic nitrogens is 2. The summed E-state index contributed by atoms with van der Waals surface area (Å²) in [5, 5.41) is 7.47. The molecule has 0 unspecified atom stereocenters. The highest BCUT2D eigenvalue weighted by Crippen LogP contribution is 2.29. The van der Waals surface area contributed by atoms with Crippen molar-refractivity contribution in [2.45, 2.75) is 39.2 Å². The van der Waals surface area contributed by atoms with Crippen LogP contribution in [0.25, 0.3) is 5.69 Å². The number of fused-ring (bicyclic) bond motifs is 1. The first-order chi connectivity index (χ1) is 14.5. The summed E-state index contributed by atoms with van der Waals surface area (Å²) in [5.74, 6) is -0.831. The fraction of sp³-hybridized carbons (Fsp3) is 0.292. The summed E-state index contributed by atoms with van der Waals surface area (Å²) in [6.45, 7) is 3.28. The summed E-state index contributed by atoms with van der Waals surface area (Å²) in [5.41, 5.74) is 4.94. The lowest BCUT2D eigenvalue weighted by molar-refractivity contribution is -0.125. The number of rotatable bonds is 5. The fourth-order valence-corrected chi connectivity index (χ4v) is 4.10. The molecule has 0 fully saturated rings. The van der Waals surface area contributed by atoms with Crippen LogP contribution in [0.4, 0.5) is 0 Å². The van der Waals surface area contributed by atoms with E-state index in [1.165, 1.54) is 5.56 Å². The van der Waals surface area contributed by atoms with E-state index in [1.54, 1.807) is 11.6 Å². The number of carbonyl (C=O) groups is 2. The van der Waals surface area contributed by atoms with Crippen LogP contribution in [0.15, 0.2) is 54.6 Å². The Morgan fingerprint density at radius 1 is 1.10 bits per heavy atom. The van der Waals surface area contributed by atoms with E-state index in [0.717, 1.165) is 30.5 Å². The van der Waals surface area contributed by atoms with E-state index in [2.05, 4.69) is 22.5 Å². The molecule has 0 saturated carbocycles. The number of carbonyl (C=O) groups excluding carboxylic acids is 2. The third-order valence-corrected chi connectivity index (χ3v) is 5.54. The van der Waals surface area contributed by atoms with E-state index >= 15 is 0 Å². The third-order valence-electron chi connectivity index (χ3n) is 5.54. The number of amides is 1. The molecule has 2 aromatic carbocycles. The van der Waals surface area contributed by atoms with Gasteiger partial charge in [-0.15, -0.1) is 0 Å². The molecule has 0 bridgehead atoms. The van der Waals surface area contributed by atoms with Gasteiger partial charge in [-0.2, -0.15) is 5.10 Å². The molecule has 6 heteroatoms. The summed E-state index contributed by atoms with van der Waals surface area (Å²) in [6, 6.07) is 17.7. The molecular weight excluding hydrogens is 378 g/mol. The van der Waals surface area contributed by atoms with Crippen molar-refractivity contribution < 1.29 is 14.3 Å². The Bertz CT molecular complexity index is 1070. The zero-order chi connectivity index (χ0) is 21.1. The summed E-state index contributed by atoms with van der Waals surface area (Å²) >= 11 is 0. The summed E-state index contributed by atoms with van der Waals surface area (Å²) in [7, 11) is 0. The first-order valence-electron chi connectivity index (χ1n) is 10.2. The second-order valence-electron chi connectivity index (χ2n) is 7.58. The summed E-state index contributed by atoms with van der Waals surface area (Å²) in [4.78, 5) is 25.1. The first-order valence-corrected chi connectivity index (χ1v) is 10.2. The van der Waals surface area contributed by atoms with E-state index in [-0.39, 0.29) is 18.6 Å². The fourth-order valence-electron chi connectivity index (χ4n) is 4.10. The second-order valence-corrected chi connectivity index (χ2v) is 7.58. The van der Waals surface area contributed by atoms with Crippen LogP contribution in [0.3, 0.4) is 0 Å². The minimum Gasteiger partial charge on any atom is -0.452 e. The van der Waals surface area contributed by atoms with Crippen molar-refractivity contribution in [3.05, 3.63) is 82.7 Å². The van der Waals surface area contributed by atoms with Crippen molar-refractivity contribution in [2.75, 3.05) is 6.61 Å². The number of para-hydroxylation sites is 1. The zero-order valence-electron chi connectivity index (χ0n) is 17.2. The van der Waals surface area contributed by atoms with Crippen LogP contribution in [-0.2, 0) is 16.0 Å². The van der Waals surface area contributed by atoms with Crippen LogP contribution in [0.5, 0.6) is 0 Å². The van der Waals surface area contributed by atoms with Gasteiger partial charge >= 0.3 is 5.97 Å². The molecule has 1 atom stereocenters. The Hall–Kier alpha value is -3.41. The van der Waals surface area contributed by atoms with E-state index in [0.29, 0.717) is 17.0 Å². The van der Waals surface area contributed by atoms with Gasteiger partial charge < -0.3 is 10.1 Å². The highest BCUT2D eigenvalue weighted by Gasteiger charge is 2.24. The van der Waals surface area contributed by atoms with Crippen LogP contribution in [-0.4, -0.2) is 28.3 Å². The molecular formula is C24H25N3O3. The molecule has 0 radical (unpaired) electrons. The van der Waals surface area contributed by atoms with Gasteiger partial charge in [0.05, 0.1) is 23.1 Å². The van der Waals surface area contributed by atoms with Crippen molar-refractivity contribution in [3.63, 3.8) is 0 Å². The highest BCUT2D eigenvalue weighted by atomic mass is 16.5. The molecule has 3 aromatic rings. The average Bonchev–Trinajstić information content (AvgIpc) is 3.07. The second kappa shape index (κ2) is 8.53. The largest absolute Gasteiger partial charge is 0.452 e. The standard InChI is InChI=1S/C24H25N3O3/c1-16-23(17(2)27(26-16)19-11-4-3-5-12-19)24(29)30-15-22(28)25-21-14-8-10-18-9-6-7-13-20(18)21/h3-7,9,11-13,21H,8,10,14-15H2,1-2H3,(H,25,28)/t21-/m1/s1. The minimum absolute atomic E-state index is 0.0366. The minimum atomic E-state index is -0.536. The molecule has 1 N–H and O–H groups in total. The number of hydrogen-bond donors (Lipinski definition) is 1. The van der Waals surface area contributed by atoms with Gasteiger partial charge in [-0.25, -0.2) is 9.48 Å². The van der Waals surface area contributed by atoms with Crippen molar-refractivity contribution in [3.8, 4) is 5.69 Å². The van der Waals surface area contributed by atoms with E-state index < -0.39 is 5.97 Å². The Morgan fingerprint density at radius 2 is 1.83 bits per heavy atom. The quantitative estimate of drug-likeness (QED) is 0.657. The highest BCUT2D eigenvalue weighted by molar-refractivity contribution is 5.93. The van der Waals surface area contributed by atoms with Gasteiger partial charge in [0.2, 0.25) is 0 Å². The van der Waals surface area contributed by atoms with Gasteiger partial charge in [0.15, 0.2) is 6.61 Å². The molecule has 1 aliphatic carbocycles. The molecule has 1 heterocycles. The molecule has 4 rings (SSSR count). The third kappa shape index (κ3) is 3.99. The first kappa shape index (κ1) is 19.9. The van der Waals surface area contributed by atoms with Crippen LogP contribution in [0.1, 0.15) is 51.8 Å². The van der Waals surface area contributed by atoms with Crippen LogP contribution < -0.4 is 5.32 Å².